The van der Waals surface area contributed by atoms with Crippen LogP contribution in [0.3, 0.4) is 0 Å². The maximum atomic E-state index is 12.2. The molecule has 2 rings (SSSR count). The number of pyridine rings is 1. The van der Waals surface area contributed by atoms with Crippen LogP contribution in [0.1, 0.15) is 22.0 Å². The zero-order chi connectivity index (χ0) is 13.0. The van der Waals surface area contributed by atoms with Gasteiger partial charge in [-0.2, -0.15) is 0 Å². The normalized spacial score (nSPS) is 11.3. The van der Waals surface area contributed by atoms with Gasteiger partial charge in [-0.05, 0) is 29.8 Å². The lowest BCUT2D eigenvalue weighted by molar-refractivity contribution is 0.0961. The number of halogens is 1. The number of hydrogen-bond acceptors (Lipinski definition) is 4. The standard InChI is InChI=1S/C14H14N2O2.ClH/c1-18-12-4-2-3-11(9-12)14(17)13(15)10-5-7-16-8-6-10;/h2-9,13H,15H2,1H3;1H. The van der Waals surface area contributed by atoms with Crippen LogP contribution in [0, 0.1) is 0 Å². The van der Waals surface area contributed by atoms with Crippen molar-refractivity contribution in [3.05, 3.63) is 59.9 Å². The first-order valence-corrected chi connectivity index (χ1v) is 5.56. The van der Waals surface area contributed by atoms with Crippen LogP contribution in [-0.2, 0) is 0 Å². The average Bonchev–Trinajstić information content (AvgIpc) is 2.46. The smallest absolute Gasteiger partial charge is 0.184 e. The van der Waals surface area contributed by atoms with Crippen molar-refractivity contribution in [2.45, 2.75) is 6.04 Å². The Morgan fingerprint density at radius 2 is 1.95 bits per heavy atom. The molecule has 0 amide bonds. The van der Waals surface area contributed by atoms with Crippen LogP contribution in [0.2, 0.25) is 0 Å². The first kappa shape index (κ1) is 15.1. The van der Waals surface area contributed by atoms with Crippen LogP contribution >= 0.6 is 12.4 Å². The Kier molecular flexibility index (Phi) is 5.48. The highest BCUT2D eigenvalue weighted by Crippen LogP contribution is 2.19. The Morgan fingerprint density at radius 3 is 2.58 bits per heavy atom. The number of aromatic nitrogens is 1. The Balaban J connectivity index is 0.00000180. The summed E-state index contributed by atoms with van der Waals surface area (Å²) in [5, 5.41) is 0. The highest BCUT2D eigenvalue weighted by atomic mass is 35.5. The molecule has 19 heavy (non-hydrogen) atoms. The Labute approximate surface area is 118 Å². The molecule has 100 valence electrons. The van der Waals surface area contributed by atoms with Crippen molar-refractivity contribution >= 4 is 18.2 Å². The van der Waals surface area contributed by atoms with Crippen molar-refractivity contribution in [3.8, 4) is 5.75 Å². The highest BCUT2D eigenvalue weighted by Gasteiger charge is 2.17. The summed E-state index contributed by atoms with van der Waals surface area (Å²) in [4.78, 5) is 16.1. The molecule has 0 aliphatic heterocycles. The lowest BCUT2D eigenvalue weighted by atomic mass is 9.99. The van der Waals surface area contributed by atoms with Gasteiger partial charge in [0.25, 0.3) is 0 Å². The molecule has 1 aromatic heterocycles. The van der Waals surface area contributed by atoms with Gasteiger partial charge in [-0.25, -0.2) is 0 Å². The van der Waals surface area contributed by atoms with Gasteiger partial charge in [0.1, 0.15) is 5.75 Å². The molecule has 0 bridgehead atoms. The number of nitrogens with two attached hydrogens (primary N) is 1. The molecule has 0 saturated heterocycles. The zero-order valence-electron chi connectivity index (χ0n) is 10.4. The summed E-state index contributed by atoms with van der Waals surface area (Å²) in [7, 11) is 1.56. The van der Waals surface area contributed by atoms with Crippen molar-refractivity contribution in [3.63, 3.8) is 0 Å². The summed E-state index contributed by atoms with van der Waals surface area (Å²) < 4.78 is 5.09. The summed E-state index contributed by atoms with van der Waals surface area (Å²) in [5.41, 5.74) is 7.23. The maximum Gasteiger partial charge on any atom is 0.184 e. The number of Topliss-reactive ketones (excluding diaryl/α,β-unsaturated/α-hetero) is 1. The summed E-state index contributed by atoms with van der Waals surface area (Å²) in [6.45, 7) is 0. The highest BCUT2D eigenvalue weighted by molar-refractivity contribution is 6.00. The molecule has 1 unspecified atom stereocenters. The number of ketones is 1. The van der Waals surface area contributed by atoms with Gasteiger partial charge in [-0.3, -0.25) is 9.78 Å². The number of methoxy groups -OCH3 is 1. The number of carbonyl (C=O) groups excluding carboxylic acids is 1. The third-order valence-electron chi connectivity index (χ3n) is 2.70. The second-order valence-corrected chi connectivity index (χ2v) is 3.85. The molecule has 0 saturated carbocycles. The van der Waals surface area contributed by atoms with Gasteiger partial charge in [-0.1, -0.05) is 12.1 Å². The van der Waals surface area contributed by atoms with E-state index >= 15 is 0 Å². The SMILES string of the molecule is COc1cccc(C(=O)C(N)c2ccncc2)c1.Cl. The second-order valence-electron chi connectivity index (χ2n) is 3.85. The summed E-state index contributed by atoms with van der Waals surface area (Å²) in [6.07, 6.45) is 3.24. The summed E-state index contributed by atoms with van der Waals surface area (Å²) in [6, 6.07) is 9.76. The number of nitrogens with zero attached hydrogens (tertiary/aromatic N) is 1. The molecular formula is C14H15ClN2O2. The van der Waals surface area contributed by atoms with Crippen LogP contribution in [0.15, 0.2) is 48.8 Å². The third kappa shape index (κ3) is 3.53. The van der Waals surface area contributed by atoms with Gasteiger partial charge in [0.2, 0.25) is 0 Å². The molecule has 2 aromatic rings. The lowest BCUT2D eigenvalue weighted by Crippen LogP contribution is -2.21. The Hall–Kier alpha value is -1.91. The topological polar surface area (TPSA) is 65.2 Å². The predicted octanol–water partition coefficient (Wildman–Crippen LogP) is 2.39. The zero-order valence-corrected chi connectivity index (χ0v) is 11.3. The van der Waals surface area contributed by atoms with Crippen molar-refractivity contribution < 1.29 is 9.53 Å². The van der Waals surface area contributed by atoms with Gasteiger partial charge in [0.15, 0.2) is 5.78 Å². The van der Waals surface area contributed by atoms with E-state index in [4.69, 9.17) is 10.5 Å². The van der Waals surface area contributed by atoms with Crippen molar-refractivity contribution in [2.75, 3.05) is 7.11 Å². The molecule has 0 spiro atoms. The largest absolute Gasteiger partial charge is 0.497 e. The molecule has 0 radical (unpaired) electrons. The minimum Gasteiger partial charge on any atom is -0.497 e. The summed E-state index contributed by atoms with van der Waals surface area (Å²) >= 11 is 0. The maximum absolute atomic E-state index is 12.2. The lowest BCUT2D eigenvalue weighted by Gasteiger charge is -2.11. The minimum atomic E-state index is -0.680. The predicted molar refractivity (Wildman–Crippen MR) is 75.7 cm³/mol. The van der Waals surface area contributed by atoms with Gasteiger partial charge in [-0.15, -0.1) is 12.4 Å². The molecule has 0 aliphatic rings. The van der Waals surface area contributed by atoms with Gasteiger partial charge in [0.05, 0.1) is 13.2 Å². The monoisotopic (exact) mass is 278 g/mol. The third-order valence-corrected chi connectivity index (χ3v) is 2.70. The van der Waals surface area contributed by atoms with E-state index in [0.717, 1.165) is 5.56 Å². The molecule has 0 aliphatic carbocycles. The average molecular weight is 279 g/mol. The minimum absolute atomic E-state index is 0. The number of ether oxygens (including phenoxy) is 1. The molecule has 1 atom stereocenters. The van der Waals surface area contributed by atoms with Crippen molar-refractivity contribution in [1.29, 1.82) is 0 Å². The molecule has 5 heteroatoms. The number of rotatable bonds is 4. The molecule has 4 nitrogen and oxygen atoms in total. The van der Waals surface area contributed by atoms with Crippen LogP contribution in [0.25, 0.3) is 0 Å². The fourth-order valence-corrected chi connectivity index (χ4v) is 1.68. The van der Waals surface area contributed by atoms with Gasteiger partial charge >= 0.3 is 0 Å². The summed E-state index contributed by atoms with van der Waals surface area (Å²) in [5.74, 6) is 0.503. The molecule has 1 heterocycles. The van der Waals surface area contributed by atoms with Crippen LogP contribution in [-0.4, -0.2) is 17.9 Å². The fraction of sp³-hybridized carbons (Fsp3) is 0.143. The van der Waals surface area contributed by atoms with E-state index in [-0.39, 0.29) is 18.2 Å². The van der Waals surface area contributed by atoms with Gasteiger partial charge < -0.3 is 10.5 Å². The van der Waals surface area contributed by atoms with E-state index in [9.17, 15) is 4.79 Å². The second kappa shape index (κ2) is 6.87. The van der Waals surface area contributed by atoms with Crippen LogP contribution in [0.5, 0.6) is 5.75 Å². The van der Waals surface area contributed by atoms with E-state index in [2.05, 4.69) is 4.98 Å². The van der Waals surface area contributed by atoms with Crippen LogP contribution < -0.4 is 10.5 Å². The molecule has 1 aromatic carbocycles. The number of carbonyl (C=O) groups is 1. The van der Waals surface area contributed by atoms with E-state index in [1.807, 2.05) is 0 Å². The van der Waals surface area contributed by atoms with Crippen LogP contribution in [0.4, 0.5) is 0 Å². The first-order valence-electron chi connectivity index (χ1n) is 5.56. The Morgan fingerprint density at radius 1 is 1.26 bits per heavy atom. The van der Waals surface area contributed by atoms with E-state index in [0.29, 0.717) is 11.3 Å². The molecular weight excluding hydrogens is 264 g/mol. The quantitative estimate of drug-likeness (QED) is 0.872. The fourth-order valence-electron chi connectivity index (χ4n) is 1.68. The number of benzene rings is 1. The number of hydrogen-bond donors (Lipinski definition) is 1. The van der Waals surface area contributed by atoms with Crippen molar-refractivity contribution in [2.24, 2.45) is 5.73 Å². The first-order chi connectivity index (χ1) is 8.72. The van der Waals surface area contributed by atoms with E-state index < -0.39 is 6.04 Å². The Bertz CT molecular complexity index is 546. The van der Waals surface area contributed by atoms with Gasteiger partial charge in [0, 0.05) is 18.0 Å². The van der Waals surface area contributed by atoms with E-state index in [1.165, 1.54) is 0 Å². The van der Waals surface area contributed by atoms with Crippen molar-refractivity contribution in [1.82, 2.24) is 4.98 Å². The molecule has 2 N–H and O–H groups in total. The van der Waals surface area contributed by atoms with E-state index in [1.54, 1.807) is 55.9 Å². The molecule has 0 fully saturated rings.